The Morgan fingerprint density at radius 3 is 2.20 bits per heavy atom. The summed E-state index contributed by atoms with van der Waals surface area (Å²) in [5, 5.41) is 0.636. The molecule has 0 aliphatic carbocycles. The van der Waals surface area contributed by atoms with E-state index in [4.69, 9.17) is 26.8 Å². The number of benzene rings is 2. The molecule has 0 radical (unpaired) electrons. The first kappa shape index (κ1) is 14.5. The van der Waals surface area contributed by atoms with Gasteiger partial charge in [0.2, 0.25) is 0 Å². The van der Waals surface area contributed by atoms with Crippen molar-refractivity contribution in [1.82, 2.24) is 0 Å². The zero-order chi connectivity index (χ0) is 14.9. The molecule has 0 spiro atoms. The van der Waals surface area contributed by atoms with Gasteiger partial charge >= 0.3 is 0 Å². The number of halogens is 2. The van der Waals surface area contributed by atoms with Crippen molar-refractivity contribution < 1.29 is 13.9 Å². The standard InChI is InChI=1S/C15H15ClFNO2/c1-8-4-10(16)5-9(2)15(8)20-14-7-13(19-3)11(17)6-12(14)18/h4-7H,18H2,1-3H3. The first-order chi connectivity index (χ1) is 9.42. The predicted molar refractivity (Wildman–Crippen MR) is 78.4 cm³/mol. The second kappa shape index (κ2) is 5.59. The van der Waals surface area contributed by atoms with Crippen molar-refractivity contribution in [2.24, 2.45) is 0 Å². The number of hydrogen-bond acceptors (Lipinski definition) is 3. The quantitative estimate of drug-likeness (QED) is 0.849. The summed E-state index contributed by atoms with van der Waals surface area (Å²) in [4.78, 5) is 0. The minimum Gasteiger partial charge on any atom is -0.494 e. The Hall–Kier alpha value is -1.94. The molecule has 0 aromatic heterocycles. The molecule has 2 rings (SSSR count). The number of hydrogen-bond donors (Lipinski definition) is 1. The Morgan fingerprint density at radius 2 is 1.65 bits per heavy atom. The number of nitrogen functional groups attached to an aromatic ring is 1. The van der Waals surface area contributed by atoms with Gasteiger partial charge in [-0.2, -0.15) is 0 Å². The van der Waals surface area contributed by atoms with E-state index in [9.17, 15) is 4.39 Å². The average molecular weight is 296 g/mol. The summed E-state index contributed by atoms with van der Waals surface area (Å²) in [6, 6.07) is 6.19. The van der Waals surface area contributed by atoms with Crippen molar-refractivity contribution in [2.75, 3.05) is 12.8 Å². The van der Waals surface area contributed by atoms with Crippen LogP contribution in [0, 0.1) is 19.7 Å². The van der Waals surface area contributed by atoms with E-state index < -0.39 is 5.82 Å². The Kier molecular flexibility index (Phi) is 4.04. The van der Waals surface area contributed by atoms with Crippen LogP contribution in [0.3, 0.4) is 0 Å². The monoisotopic (exact) mass is 295 g/mol. The summed E-state index contributed by atoms with van der Waals surface area (Å²) in [6.07, 6.45) is 0. The number of rotatable bonds is 3. The van der Waals surface area contributed by atoms with E-state index in [0.717, 1.165) is 11.1 Å². The zero-order valence-electron chi connectivity index (χ0n) is 11.5. The molecule has 106 valence electrons. The second-order valence-corrected chi connectivity index (χ2v) is 4.93. The van der Waals surface area contributed by atoms with Gasteiger partial charge in [0.15, 0.2) is 17.3 Å². The molecule has 0 heterocycles. The van der Waals surface area contributed by atoms with Crippen molar-refractivity contribution in [3.8, 4) is 17.2 Å². The topological polar surface area (TPSA) is 44.5 Å². The molecule has 0 aliphatic rings. The van der Waals surface area contributed by atoms with Gasteiger partial charge in [0, 0.05) is 17.2 Å². The van der Waals surface area contributed by atoms with Crippen LogP contribution in [0.15, 0.2) is 24.3 Å². The lowest BCUT2D eigenvalue weighted by atomic mass is 10.1. The van der Waals surface area contributed by atoms with Crippen LogP contribution >= 0.6 is 11.6 Å². The summed E-state index contributed by atoms with van der Waals surface area (Å²) < 4.78 is 24.2. The fourth-order valence-electron chi connectivity index (χ4n) is 1.96. The maximum atomic E-state index is 13.5. The largest absolute Gasteiger partial charge is 0.494 e. The lowest BCUT2D eigenvalue weighted by Crippen LogP contribution is -1.98. The molecule has 0 saturated carbocycles. The lowest BCUT2D eigenvalue weighted by molar-refractivity contribution is 0.381. The van der Waals surface area contributed by atoms with Crippen molar-refractivity contribution in [3.05, 3.63) is 46.2 Å². The second-order valence-electron chi connectivity index (χ2n) is 4.50. The highest BCUT2D eigenvalue weighted by atomic mass is 35.5. The fraction of sp³-hybridized carbons (Fsp3) is 0.200. The van der Waals surface area contributed by atoms with Gasteiger partial charge in [0.1, 0.15) is 5.75 Å². The Balaban J connectivity index is 2.45. The van der Waals surface area contributed by atoms with Gasteiger partial charge in [-0.15, -0.1) is 0 Å². The third kappa shape index (κ3) is 2.80. The van der Waals surface area contributed by atoms with E-state index in [-0.39, 0.29) is 11.4 Å². The zero-order valence-corrected chi connectivity index (χ0v) is 12.2. The van der Waals surface area contributed by atoms with E-state index in [1.54, 1.807) is 12.1 Å². The van der Waals surface area contributed by atoms with Crippen LogP contribution in [0.1, 0.15) is 11.1 Å². The van der Waals surface area contributed by atoms with Crippen molar-refractivity contribution in [3.63, 3.8) is 0 Å². The maximum absolute atomic E-state index is 13.5. The fourth-order valence-corrected chi connectivity index (χ4v) is 2.29. The van der Waals surface area contributed by atoms with Crippen LogP contribution in [0.25, 0.3) is 0 Å². The molecule has 0 bridgehead atoms. The minimum atomic E-state index is -0.526. The third-order valence-electron chi connectivity index (χ3n) is 2.92. The Morgan fingerprint density at radius 1 is 1.05 bits per heavy atom. The van der Waals surface area contributed by atoms with Gasteiger partial charge in [0.05, 0.1) is 12.8 Å². The van der Waals surface area contributed by atoms with Crippen LogP contribution in [-0.2, 0) is 0 Å². The minimum absolute atomic E-state index is 0.0819. The Labute approximate surface area is 122 Å². The van der Waals surface area contributed by atoms with Gasteiger partial charge in [-0.05, 0) is 37.1 Å². The Bertz CT molecular complexity index is 636. The summed E-state index contributed by atoms with van der Waals surface area (Å²) in [5.74, 6) is 0.548. The molecule has 3 nitrogen and oxygen atoms in total. The molecule has 2 aromatic rings. The van der Waals surface area contributed by atoms with Gasteiger partial charge < -0.3 is 15.2 Å². The van der Waals surface area contributed by atoms with Gasteiger partial charge in [0.25, 0.3) is 0 Å². The first-order valence-electron chi connectivity index (χ1n) is 6.00. The predicted octanol–water partition coefficient (Wildman–Crippen LogP) is 4.48. The number of ether oxygens (including phenoxy) is 2. The van der Waals surface area contributed by atoms with Crippen LogP contribution < -0.4 is 15.2 Å². The molecular formula is C15H15ClFNO2. The van der Waals surface area contributed by atoms with Crippen molar-refractivity contribution in [1.29, 1.82) is 0 Å². The third-order valence-corrected chi connectivity index (χ3v) is 3.14. The van der Waals surface area contributed by atoms with Crippen molar-refractivity contribution >= 4 is 17.3 Å². The van der Waals surface area contributed by atoms with Crippen LogP contribution in [0.4, 0.5) is 10.1 Å². The first-order valence-corrected chi connectivity index (χ1v) is 6.37. The van der Waals surface area contributed by atoms with Gasteiger partial charge in [-0.1, -0.05) is 11.6 Å². The van der Waals surface area contributed by atoms with Gasteiger partial charge in [-0.3, -0.25) is 0 Å². The number of nitrogens with two attached hydrogens (primary N) is 1. The normalized spacial score (nSPS) is 10.4. The highest BCUT2D eigenvalue weighted by Gasteiger charge is 2.13. The van der Waals surface area contributed by atoms with Gasteiger partial charge in [-0.25, -0.2) is 4.39 Å². The summed E-state index contributed by atoms with van der Waals surface area (Å²) in [7, 11) is 1.39. The van der Waals surface area contributed by atoms with Crippen LogP contribution in [-0.4, -0.2) is 7.11 Å². The number of aryl methyl sites for hydroxylation is 2. The molecule has 5 heteroatoms. The highest BCUT2D eigenvalue weighted by Crippen LogP contribution is 2.36. The molecule has 0 aliphatic heterocycles. The SMILES string of the molecule is COc1cc(Oc2c(C)cc(Cl)cc2C)c(N)cc1F. The number of methoxy groups -OCH3 is 1. The molecule has 0 unspecified atom stereocenters. The molecule has 0 saturated heterocycles. The summed E-state index contributed by atoms with van der Waals surface area (Å²) in [5.41, 5.74) is 7.73. The van der Waals surface area contributed by atoms with E-state index in [1.165, 1.54) is 19.2 Å². The van der Waals surface area contributed by atoms with E-state index >= 15 is 0 Å². The lowest BCUT2D eigenvalue weighted by Gasteiger charge is -2.15. The summed E-state index contributed by atoms with van der Waals surface area (Å²) in [6.45, 7) is 3.76. The van der Waals surface area contributed by atoms with E-state index in [1.807, 2.05) is 13.8 Å². The summed E-state index contributed by atoms with van der Waals surface area (Å²) >= 11 is 5.98. The molecule has 20 heavy (non-hydrogen) atoms. The number of anilines is 1. The molecular weight excluding hydrogens is 281 g/mol. The molecule has 2 aromatic carbocycles. The highest BCUT2D eigenvalue weighted by molar-refractivity contribution is 6.30. The van der Waals surface area contributed by atoms with Crippen LogP contribution in [0.5, 0.6) is 17.2 Å². The maximum Gasteiger partial charge on any atom is 0.167 e. The van der Waals surface area contributed by atoms with Crippen LogP contribution in [0.2, 0.25) is 5.02 Å². The van der Waals surface area contributed by atoms with Crippen molar-refractivity contribution in [2.45, 2.75) is 13.8 Å². The van der Waals surface area contributed by atoms with E-state index in [2.05, 4.69) is 0 Å². The smallest absolute Gasteiger partial charge is 0.167 e. The molecule has 0 fully saturated rings. The molecule has 0 amide bonds. The average Bonchev–Trinajstić information content (AvgIpc) is 2.35. The molecule has 2 N–H and O–H groups in total. The van der Waals surface area contributed by atoms with E-state index in [0.29, 0.717) is 16.5 Å². The molecule has 0 atom stereocenters.